The van der Waals surface area contributed by atoms with Gasteiger partial charge in [0.25, 0.3) is 0 Å². The minimum Gasteiger partial charge on any atom is -0.309 e. The quantitative estimate of drug-likeness (QED) is 0.194. The summed E-state index contributed by atoms with van der Waals surface area (Å²) in [6.45, 7) is 0. The summed E-state index contributed by atoms with van der Waals surface area (Å²) in [4.78, 5) is 0. The lowest BCUT2D eigenvalue weighted by molar-refractivity contribution is 1.17. The third kappa shape index (κ3) is 3.65. The highest BCUT2D eigenvalue weighted by Crippen LogP contribution is 2.42. The molecule has 46 heavy (non-hydrogen) atoms. The number of aromatic nitrogens is 2. The molecule has 0 saturated carbocycles. The lowest BCUT2D eigenvalue weighted by Crippen LogP contribution is -1.95. The molecule has 0 bridgehead atoms. The number of para-hydroxylation sites is 3. The number of fused-ring (bicyclic) bond motifs is 9. The van der Waals surface area contributed by atoms with Gasteiger partial charge in [-0.1, -0.05) is 109 Å². The van der Waals surface area contributed by atoms with Crippen molar-refractivity contribution in [2.75, 3.05) is 0 Å². The summed E-state index contributed by atoms with van der Waals surface area (Å²) in [6, 6.07) is 47.2. The fourth-order valence-electron chi connectivity index (χ4n) is 7.31. The summed E-state index contributed by atoms with van der Waals surface area (Å²) in [5.74, 6) is 0. The van der Waals surface area contributed by atoms with Crippen LogP contribution in [0.15, 0.2) is 170 Å². The molecule has 0 fully saturated rings. The predicted molar refractivity (Wildman–Crippen MR) is 196 cm³/mol. The van der Waals surface area contributed by atoms with Crippen LogP contribution in [0.2, 0.25) is 0 Å². The van der Waals surface area contributed by atoms with Crippen molar-refractivity contribution in [1.29, 1.82) is 0 Å². The molecule has 2 heterocycles. The molecular formula is C44H28N2. The van der Waals surface area contributed by atoms with E-state index in [-0.39, 0.29) is 29.9 Å². The van der Waals surface area contributed by atoms with E-state index in [0.717, 1.165) is 60.1 Å². The van der Waals surface area contributed by atoms with Gasteiger partial charge in [-0.15, -0.1) is 0 Å². The van der Waals surface area contributed by atoms with E-state index >= 15 is 0 Å². The van der Waals surface area contributed by atoms with Crippen LogP contribution in [-0.4, -0.2) is 9.13 Å². The van der Waals surface area contributed by atoms with E-state index in [1.54, 1.807) is 0 Å². The number of benzene rings is 8. The minimum absolute atomic E-state index is 0.146. The zero-order chi connectivity index (χ0) is 34.5. The maximum absolute atomic E-state index is 8.84. The van der Waals surface area contributed by atoms with E-state index in [0.29, 0.717) is 0 Å². The topological polar surface area (TPSA) is 9.86 Å². The lowest BCUT2D eigenvalue weighted by atomic mass is 9.98. The average Bonchev–Trinajstić information content (AvgIpc) is 3.68. The third-order valence-corrected chi connectivity index (χ3v) is 9.35. The van der Waals surface area contributed by atoms with E-state index < -0.39 is 6.04 Å². The average molecular weight is 590 g/mol. The molecule has 2 aromatic heterocycles. The molecular weight excluding hydrogens is 556 g/mol. The van der Waals surface area contributed by atoms with E-state index in [9.17, 15) is 0 Å². The molecule has 0 spiro atoms. The molecule has 8 aromatic carbocycles. The van der Waals surface area contributed by atoms with Crippen molar-refractivity contribution in [2.45, 2.75) is 0 Å². The molecule has 0 saturated heterocycles. The van der Waals surface area contributed by atoms with Crippen molar-refractivity contribution in [3.8, 4) is 22.5 Å². The van der Waals surface area contributed by atoms with Crippen molar-refractivity contribution in [3.05, 3.63) is 170 Å². The summed E-state index contributed by atoms with van der Waals surface area (Å²) in [6.07, 6.45) is 0. The van der Waals surface area contributed by atoms with Gasteiger partial charge in [-0.05, 0) is 93.3 Å². The zero-order valence-corrected chi connectivity index (χ0v) is 24.7. The van der Waals surface area contributed by atoms with Crippen LogP contribution in [0.4, 0.5) is 0 Å². The van der Waals surface area contributed by atoms with Crippen LogP contribution < -0.4 is 0 Å². The molecule has 10 rings (SSSR count). The van der Waals surface area contributed by atoms with Crippen LogP contribution in [0.25, 0.3) is 87.7 Å². The second-order valence-corrected chi connectivity index (χ2v) is 11.8. The first-order valence-corrected chi connectivity index (χ1v) is 15.4. The first-order valence-electron chi connectivity index (χ1n) is 17.9. The Kier molecular flexibility index (Phi) is 4.37. The van der Waals surface area contributed by atoms with Gasteiger partial charge >= 0.3 is 0 Å². The van der Waals surface area contributed by atoms with Gasteiger partial charge in [0.05, 0.1) is 28.9 Å². The Morgan fingerprint density at radius 2 is 0.870 bits per heavy atom. The van der Waals surface area contributed by atoms with Gasteiger partial charge in [-0.25, -0.2) is 0 Å². The molecule has 214 valence electrons. The summed E-state index contributed by atoms with van der Waals surface area (Å²) >= 11 is 0. The van der Waals surface area contributed by atoms with Gasteiger partial charge in [0.1, 0.15) is 0 Å². The monoisotopic (exact) mass is 589 g/mol. The summed E-state index contributed by atoms with van der Waals surface area (Å²) in [7, 11) is 0. The van der Waals surface area contributed by atoms with Crippen LogP contribution in [0.5, 0.6) is 0 Å². The Morgan fingerprint density at radius 1 is 0.370 bits per heavy atom. The Morgan fingerprint density at radius 3 is 1.54 bits per heavy atom. The molecule has 2 nitrogen and oxygen atoms in total. The van der Waals surface area contributed by atoms with Crippen molar-refractivity contribution in [2.24, 2.45) is 0 Å². The first kappa shape index (κ1) is 20.8. The second-order valence-electron chi connectivity index (χ2n) is 11.8. The maximum Gasteiger partial charge on any atom is 0.0645 e. The first-order chi connectivity index (χ1) is 24.9. The van der Waals surface area contributed by atoms with Crippen LogP contribution in [0.3, 0.4) is 0 Å². The van der Waals surface area contributed by atoms with Gasteiger partial charge in [-0.3, -0.25) is 0 Å². The summed E-state index contributed by atoms with van der Waals surface area (Å²) < 4.78 is 46.8. The van der Waals surface area contributed by atoms with E-state index in [1.807, 2.05) is 34.9 Å². The molecule has 2 heteroatoms. The molecule has 0 atom stereocenters. The standard InChI is InChI=1S/C44H28N2/c1-2-12-35(13-3-1)45-39-16-8-6-14-37(39)43-41(45)24-25-42-44(43)38-15-7-9-17-40(38)46(42)36-23-22-33-27-32(20-21-34(33)28-36)31-19-18-29-10-4-5-11-30(29)26-31/h1-28H/i1D,2D,3D,12D,13D. The summed E-state index contributed by atoms with van der Waals surface area (Å²) in [5.41, 5.74) is 7.21. The van der Waals surface area contributed by atoms with Gasteiger partial charge in [0.15, 0.2) is 0 Å². The maximum atomic E-state index is 8.84. The fourth-order valence-corrected chi connectivity index (χ4v) is 7.31. The highest BCUT2D eigenvalue weighted by molar-refractivity contribution is 6.29. The van der Waals surface area contributed by atoms with Crippen molar-refractivity contribution in [1.82, 2.24) is 9.13 Å². The lowest BCUT2D eigenvalue weighted by Gasteiger charge is -2.11. The SMILES string of the molecule is [2H]c1c([2H])c([2H])c(-n2c3ccccc3c3c4c5ccccc5n(-c5ccc6cc(-c7ccc8ccccc8c7)ccc6c5)c4ccc32)c([2H])c1[2H]. The highest BCUT2D eigenvalue weighted by atomic mass is 15.0. The van der Waals surface area contributed by atoms with E-state index in [1.165, 1.54) is 21.9 Å². The van der Waals surface area contributed by atoms with Crippen molar-refractivity contribution in [3.63, 3.8) is 0 Å². The Labute approximate surface area is 273 Å². The zero-order valence-electron chi connectivity index (χ0n) is 29.7. The van der Waals surface area contributed by atoms with Gasteiger partial charge in [0.2, 0.25) is 0 Å². The van der Waals surface area contributed by atoms with Crippen LogP contribution in [0, 0.1) is 0 Å². The molecule has 0 aliphatic heterocycles. The molecule has 0 amide bonds. The fraction of sp³-hybridized carbons (Fsp3) is 0. The molecule has 0 aliphatic rings. The second kappa shape index (κ2) is 9.69. The predicted octanol–water partition coefficient (Wildman–Crippen LogP) is 11.9. The van der Waals surface area contributed by atoms with Gasteiger partial charge in [-0.2, -0.15) is 0 Å². The van der Waals surface area contributed by atoms with Crippen LogP contribution >= 0.6 is 0 Å². The third-order valence-electron chi connectivity index (χ3n) is 9.35. The van der Waals surface area contributed by atoms with Crippen LogP contribution in [0.1, 0.15) is 6.85 Å². The molecule has 0 N–H and O–H groups in total. The Hall–Kier alpha value is -6.12. The largest absolute Gasteiger partial charge is 0.309 e. The number of rotatable bonds is 3. The van der Waals surface area contributed by atoms with E-state index in [2.05, 4.69) is 114 Å². The molecule has 0 unspecified atom stereocenters. The van der Waals surface area contributed by atoms with Gasteiger partial charge in [0, 0.05) is 32.9 Å². The number of hydrogen-bond acceptors (Lipinski definition) is 0. The highest BCUT2D eigenvalue weighted by Gasteiger charge is 2.20. The smallest absolute Gasteiger partial charge is 0.0645 e. The minimum atomic E-state index is -0.403. The Bertz CT molecular complexity index is 3070. The van der Waals surface area contributed by atoms with Crippen molar-refractivity contribution < 1.29 is 6.85 Å². The summed E-state index contributed by atoms with van der Waals surface area (Å²) in [5, 5.41) is 8.82. The van der Waals surface area contributed by atoms with Crippen LogP contribution in [-0.2, 0) is 0 Å². The molecule has 0 radical (unpaired) electrons. The number of nitrogens with zero attached hydrogens (tertiary/aromatic N) is 2. The van der Waals surface area contributed by atoms with Gasteiger partial charge < -0.3 is 9.13 Å². The Balaban J connectivity index is 1.21. The van der Waals surface area contributed by atoms with Crippen molar-refractivity contribution >= 4 is 65.2 Å². The molecule has 0 aliphatic carbocycles. The molecule has 10 aromatic rings. The normalized spacial score (nSPS) is 13.4. The van der Waals surface area contributed by atoms with E-state index in [4.69, 9.17) is 6.85 Å². The number of hydrogen-bond donors (Lipinski definition) is 0.